The molecular formula is C13H30N2O6. The van der Waals surface area contributed by atoms with Gasteiger partial charge in [-0.15, -0.1) is 0 Å². The minimum absolute atomic E-state index is 0. The maximum Gasteiger partial charge on any atom is 0.317 e. The summed E-state index contributed by atoms with van der Waals surface area (Å²) >= 11 is 0. The standard InChI is InChI=1S/C10H18N2O6.3CH4/c1-11(5-8(13)14)3-2-4-12(6-9(15)16)7-10(17)18;;;/h2-7H2,1H3,(H,13,14)(H,15,16)(H,17,18);3*1H4. The summed E-state index contributed by atoms with van der Waals surface area (Å²) in [6.07, 6.45) is 0.504. The van der Waals surface area contributed by atoms with E-state index in [-0.39, 0.29) is 41.9 Å². The fourth-order valence-electron chi connectivity index (χ4n) is 1.47. The summed E-state index contributed by atoms with van der Waals surface area (Å²) in [6, 6.07) is 0. The third-order valence-electron chi connectivity index (χ3n) is 2.14. The molecule has 0 saturated carbocycles. The summed E-state index contributed by atoms with van der Waals surface area (Å²) in [7, 11) is 1.63. The van der Waals surface area contributed by atoms with Gasteiger partial charge in [0, 0.05) is 6.54 Å². The first kappa shape index (κ1) is 27.6. The van der Waals surface area contributed by atoms with Crippen molar-refractivity contribution < 1.29 is 29.7 Å². The van der Waals surface area contributed by atoms with E-state index >= 15 is 0 Å². The van der Waals surface area contributed by atoms with Crippen molar-refractivity contribution in [3.8, 4) is 0 Å². The second-order valence-electron chi connectivity index (χ2n) is 3.98. The molecular weight excluding hydrogens is 280 g/mol. The van der Waals surface area contributed by atoms with Crippen LogP contribution in [0.2, 0.25) is 0 Å². The van der Waals surface area contributed by atoms with E-state index in [1.165, 1.54) is 4.90 Å². The maximum absolute atomic E-state index is 10.5. The Morgan fingerprint density at radius 1 is 0.762 bits per heavy atom. The van der Waals surface area contributed by atoms with E-state index in [1.807, 2.05) is 0 Å². The van der Waals surface area contributed by atoms with E-state index < -0.39 is 17.9 Å². The Bertz CT molecular complexity index is 293. The van der Waals surface area contributed by atoms with Gasteiger partial charge in [0.15, 0.2) is 0 Å². The third kappa shape index (κ3) is 18.3. The Morgan fingerprint density at radius 3 is 1.48 bits per heavy atom. The molecule has 0 aromatic carbocycles. The summed E-state index contributed by atoms with van der Waals surface area (Å²) in [5.74, 6) is -3.12. The second-order valence-corrected chi connectivity index (χ2v) is 3.98. The number of likely N-dealkylation sites (N-methyl/N-ethyl adjacent to an activating group) is 1. The van der Waals surface area contributed by atoms with Gasteiger partial charge in [0.25, 0.3) is 0 Å². The lowest BCUT2D eigenvalue weighted by Crippen LogP contribution is -2.37. The zero-order valence-electron chi connectivity index (χ0n) is 10.2. The number of carbonyl (C=O) groups is 3. The van der Waals surface area contributed by atoms with Crippen molar-refractivity contribution in [1.29, 1.82) is 0 Å². The summed E-state index contributed by atoms with van der Waals surface area (Å²) in [4.78, 5) is 34.3. The van der Waals surface area contributed by atoms with Gasteiger partial charge >= 0.3 is 17.9 Å². The minimum Gasteiger partial charge on any atom is -0.480 e. The van der Waals surface area contributed by atoms with Crippen molar-refractivity contribution in [2.45, 2.75) is 28.7 Å². The van der Waals surface area contributed by atoms with Gasteiger partial charge < -0.3 is 15.3 Å². The van der Waals surface area contributed by atoms with Crippen LogP contribution in [0.3, 0.4) is 0 Å². The first-order valence-electron chi connectivity index (χ1n) is 5.37. The van der Waals surface area contributed by atoms with E-state index in [2.05, 4.69) is 0 Å². The number of hydrogen-bond donors (Lipinski definition) is 3. The van der Waals surface area contributed by atoms with Gasteiger partial charge in [-0.2, -0.15) is 0 Å². The molecule has 0 atom stereocenters. The lowest BCUT2D eigenvalue weighted by atomic mass is 10.3. The molecule has 0 aromatic rings. The average Bonchev–Trinajstić information content (AvgIpc) is 2.13. The number of nitrogens with zero attached hydrogens (tertiary/aromatic N) is 2. The molecule has 128 valence electrons. The molecule has 8 heteroatoms. The lowest BCUT2D eigenvalue weighted by Gasteiger charge is -2.20. The van der Waals surface area contributed by atoms with Crippen LogP contribution in [0.4, 0.5) is 0 Å². The van der Waals surface area contributed by atoms with Gasteiger partial charge in [0.2, 0.25) is 0 Å². The number of carboxylic acids is 3. The van der Waals surface area contributed by atoms with Crippen LogP contribution in [-0.4, -0.2) is 82.8 Å². The van der Waals surface area contributed by atoms with Crippen LogP contribution in [0, 0.1) is 0 Å². The molecule has 0 aromatic heterocycles. The molecule has 0 radical (unpaired) electrons. The van der Waals surface area contributed by atoms with Gasteiger partial charge in [-0.25, -0.2) is 0 Å². The van der Waals surface area contributed by atoms with Crippen LogP contribution in [0.5, 0.6) is 0 Å². The number of rotatable bonds is 10. The summed E-state index contributed by atoms with van der Waals surface area (Å²) < 4.78 is 0. The van der Waals surface area contributed by atoms with Crippen molar-refractivity contribution >= 4 is 17.9 Å². The predicted octanol–water partition coefficient (Wildman–Crippen LogP) is 0.772. The monoisotopic (exact) mass is 310 g/mol. The molecule has 8 nitrogen and oxygen atoms in total. The topological polar surface area (TPSA) is 118 Å². The molecule has 0 bridgehead atoms. The lowest BCUT2D eigenvalue weighted by molar-refractivity contribution is -0.142. The largest absolute Gasteiger partial charge is 0.480 e. The molecule has 3 N–H and O–H groups in total. The Kier molecular flexibility index (Phi) is 19.4. The molecule has 0 aliphatic carbocycles. The normalized spacial score (nSPS) is 9.29. The van der Waals surface area contributed by atoms with Gasteiger partial charge in [-0.3, -0.25) is 24.2 Å². The Balaban J connectivity index is -0.000000482. The Morgan fingerprint density at radius 2 is 1.14 bits per heavy atom. The number of hydrogen-bond acceptors (Lipinski definition) is 5. The molecule has 0 fully saturated rings. The van der Waals surface area contributed by atoms with Crippen molar-refractivity contribution in [2.24, 2.45) is 0 Å². The summed E-state index contributed by atoms with van der Waals surface area (Å²) in [6.45, 7) is -0.0215. The molecule has 0 spiro atoms. The first-order chi connectivity index (χ1) is 8.31. The molecule has 21 heavy (non-hydrogen) atoms. The highest BCUT2D eigenvalue weighted by Gasteiger charge is 2.13. The quantitative estimate of drug-likeness (QED) is 0.541. The first-order valence-corrected chi connectivity index (χ1v) is 5.37. The highest BCUT2D eigenvalue weighted by Crippen LogP contribution is 1.94. The number of carboxylic acid groups (broad SMARTS) is 3. The molecule has 0 amide bonds. The number of aliphatic carboxylic acids is 3. The highest BCUT2D eigenvalue weighted by atomic mass is 16.4. The van der Waals surface area contributed by atoms with Gasteiger partial charge in [0.05, 0.1) is 19.6 Å². The van der Waals surface area contributed by atoms with Crippen LogP contribution in [-0.2, 0) is 14.4 Å². The zero-order chi connectivity index (χ0) is 14.1. The average molecular weight is 310 g/mol. The fourth-order valence-corrected chi connectivity index (χ4v) is 1.47. The minimum atomic E-state index is -1.09. The van der Waals surface area contributed by atoms with Crippen LogP contribution < -0.4 is 0 Å². The van der Waals surface area contributed by atoms with Crippen molar-refractivity contribution in [1.82, 2.24) is 9.80 Å². The SMILES string of the molecule is C.C.C.CN(CCCN(CC(=O)O)CC(=O)O)CC(=O)O. The fraction of sp³-hybridized carbons (Fsp3) is 0.769. The van der Waals surface area contributed by atoms with Crippen LogP contribution in [0.15, 0.2) is 0 Å². The Hall–Kier alpha value is -1.67. The highest BCUT2D eigenvalue weighted by molar-refractivity contribution is 5.72. The van der Waals surface area contributed by atoms with Crippen molar-refractivity contribution in [2.75, 3.05) is 39.8 Å². The van der Waals surface area contributed by atoms with Crippen LogP contribution >= 0.6 is 0 Å². The van der Waals surface area contributed by atoms with E-state index in [1.54, 1.807) is 11.9 Å². The van der Waals surface area contributed by atoms with Gasteiger partial charge in [-0.1, -0.05) is 22.3 Å². The second kappa shape index (κ2) is 14.7. The zero-order valence-corrected chi connectivity index (χ0v) is 10.2. The van der Waals surface area contributed by atoms with Crippen molar-refractivity contribution in [3.63, 3.8) is 0 Å². The molecule has 0 saturated heterocycles. The van der Waals surface area contributed by atoms with E-state index in [0.29, 0.717) is 19.5 Å². The van der Waals surface area contributed by atoms with Crippen LogP contribution in [0.25, 0.3) is 0 Å². The van der Waals surface area contributed by atoms with Gasteiger partial charge in [0.1, 0.15) is 0 Å². The molecule has 0 aliphatic heterocycles. The van der Waals surface area contributed by atoms with Crippen molar-refractivity contribution in [3.05, 3.63) is 0 Å². The summed E-state index contributed by atoms with van der Waals surface area (Å²) in [5, 5.41) is 25.7. The molecule has 0 aliphatic rings. The summed E-state index contributed by atoms with van der Waals surface area (Å²) in [5.41, 5.74) is 0. The molecule has 0 heterocycles. The third-order valence-corrected chi connectivity index (χ3v) is 2.14. The molecule has 0 unspecified atom stereocenters. The van der Waals surface area contributed by atoms with E-state index in [4.69, 9.17) is 15.3 Å². The Labute approximate surface area is 127 Å². The van der Waals surface area contributed by atoms with E-state index in [9.17, 15) is 14.4 Å². The van der Waals surface area contributed by atoms with E-state index in [0.717, 1.165) is 0 Å². The van der Waals surface area contributed by atoms with Crippen LogP contribution in [0.1, 0.15) is 28.7 Å². The maximum atomic E-state index is 10.5. The predicted molar refractivity (Wildman–Crippen MR) is 81.7 cm³/mol. The smallest absolute Gasteiger partial charge is 0.317 e. The van der Waals surface area contributed by atoms with Gasteiger partial charge in [-0.05, 0) is 20.0 Å². The molecule has 0 rings (SSSR count).